The molecule has 2 N–H and O–H groups in total. The van der Waals surface area contributed by atoms with Crippen molar-refractivity contribution in [1.82, 2.24) is 10.6 Å². The van der Waals surface area contributed by atoms with Crippen molar-refractivity contribution in [3.8, 4) is 0 Å². The van der Waals surface area contributed by atoms with E-state index in [-0.39, 0.29) is 11.2 Å². The minimum absolute atomic E-state index is 0.228. The molecule has 1 aliphatic carbocycles. The van der Waals surface area contributed by atoms with Crippen molar-refractivity contribution >= 4 is 11.6 Å². The monoisotopic (exact) mass is 236 g/mol. The van der Waals surface area contributed by atoms with Crippen LogP contribution in [-0.2, 0) is 0 Å². The third-order valence-corrected chi connectivity index (χ3v) is 2.54. The summed E-state index contributed by atoms with van der Waals surface area (Å²) < 4.78 is 37.4. The van der Waals surface area contributed by atoms with Gasteiger partial charge >= 0.3 is 6.18 Å². The first-order valence-corrected chi connectivity index (χ1v) is 4.71. The molecule has 1 aliphatic heterocycles. The predicted octanol–water partition coefficient (Wildman–Crippen LogP) is 2.01. The molecule has 6 heteroatoms. The number of fused-ring (bicyclic) bond motifs is 1. The molecule has 2 unspecified atom stereocenters. The van der Waals surface area contributed by atoms with Gasteiger partial charge in [-0.2, -0.15) is 13.2 Å². The van der Waals surface area contributed by atoms with Gasteiger partial charge in [0, 0.05) is 0 Å². The average Bonchev–Trinajstić information content (AvgIpc) is 2.15. The van der Waals surface area contributed by atoms with Gasteiger partial charge in [0.15, 0.2) is 5.70 Å². The second-order valence-electron chi connectivity index (χ2n) is 3.30. The fourth-order valence-electron chi connectivity index (χ4n) is 1.54. The summed E-state index contributed by atoms with van der Waals surface area (Å²) in [5, 5.41) is 4.58. The van der Waals surface area contributed by atoms with Crippen LogP contribution >= 0.6 is 11.6 Å². The number of alkyl halides is 3. The van der Waals surface area contributed by atoms with E-state index < -0.39 is 17.9 Å². The van der Waals surface area contributed by atoms with E-state index in [9.17, 15) is 13.2 Å². The summed E-state index contributed by atoms with van der Waals surface area (Å²) in [6, 6.07) is -0.636. The highest BCUT2D eigenvalue weighted by molar-refractivity contribution is 6.29. The molecular formula is C9H8ClF3N2. The highest BCUT2D eigenvalue weighted by Crippen LogP contribution is 2.30. The molecule has 0 fully saturated rings. The molecule has 15 heavy (non-hydrogen) atoms. The summed E-state index contributed by atoms with van der Waals surface area (Å²) in [5.74, 6) is 0. The minimum atomic E-state index is -4.45. The van der Waals surface area contributed by atoms with Crippen LogP contribution in [0, 0.1) is 0 Å². The van der Waals surface area contributed by atoms with Crippen molar-refractivity contribution in [2.45, 2.75) is 18.3 Å². The molecule has 0 saturated heterocycles. The van der Waals surface area contributed by atoms with Gasteiger partial charge in [0.25, 0.3) is 0 Å². The lowest BCUT2D eigenvalue weighted by Crippen LogP contribution is -2.53. The molecule has 0 aromatic carbocycles. The SMILES string of the molecule is FC(F)(F)C1=C(Cl)NC2C=CC=CC2N1. The molecule has 0 bridgehead atoms. The summed E-state index contributed by atoms with van der Waals surface area (Å²) in [5.41, 5.74) is -0.912. The van der Waals surface area contributed by atoms with Gasteiger partial charge in [0.2, 0.25) is 0 Å². The number of nitrogens with one attached hydrogen (secondary N) is 2. The Hall–Kier alpha value is -1.10. The third-order valence-electron chi connectivity index (χ3n) is 2.24. The van der Waals surface area contributed by atoms with Crippen LogP contribution in [-0.4, -0.2) is 18.3 Å². The zero-order valence-electron chi connectivity index (χ0n) is 7.48. The Kier molecular flexibility index (Phi) is 2.42. The van der Waals surface area contributed by atoms with Crippen LogP contribution in [0.2, 0.25) is 0 Å². The first kappa shape index (κ1) is 10.4. The van der Waals surface area contributed by atoms with E-state index in [4.69, 9.17) is 11.6 Å². The lowest BCUT2D eigenvalue weighted by molar-refractivity contribution is -0.0993. The first-order valence-electron chi connectivity index (χ1n) is 4.33. The molecule has 1 heterocycles. The summed E-state index contributed by atoms with van der Waals surface area (Å²) >= 11 is 5.52. The number of hydrogen-bond donors (Lipinski definition) is 2. The predicted molar refractivity (Wildman–Crippen MR) is 51.1 cm³/mol. The number of halogens is 4. The van der Waals surface area contributed by atoms with Gasteiger partial charge in [-0.25, -0.2) is 0 Å². The van der Waals surface area contributed by atoms with Crippen molar-refractivity contribution < 1.29 is 13.2 Å². The maximum atomic E-state index is 12.5. The largest absolute Gasteiger partial charge is 0.433 e. The minimum Gasteiger partial charge on any atom is -0.370 e. The second kappa shape index (κ2) is 3.48. The van der Waals surface area contributed by atoms with Crippen LogP contribution in [0.15, 0.2) is 35.2 Å². The van der Waals surface area contributed by atoms with Crippen molar-refractivity contribution in [2.75, 3.05) is 0 Å². The Balaban J connectivity index is 2.28. The van der Waals surface area contributed by atoms with E-state index in [0.717, 1.165) is 0 Å². The Morgan fingerprint density at radius 3 is 2.13 bits per heavy atom. The zero-order chi connectivity index (χ0) is 11.1. The quantitative estimate of drug-likeness (QED) is 0.629. The van der Waals surface area contributed by atoms with E-state index in [2.05, 4.69) is 10.6 Å². The highest BCUT2D eigenvalue weighted by atomic mass is 35.5. The van der Waals surface area contributed by atoms with Crippen LogP contribution in [0.3, 0.4) is 0 Å². The van der Waals surface area contributed by atoms with Crippen molar-refractivity contribution in [3.05, 3.63) is 35.2 Å². The van der Waals surface area contributed by atoms with Crippen molar-refractivity contribution in [3.63, 3.8) is 0 Å². The second-order valence-corrected chi connectivity index (χ2v) is 3.67. The van der Waals surface area contributed by atoms with Gasteiger partial charge < -0.3 is 10.6 Å². The van der Waals surface area contributed by atoms with Crippen LogP contribution in [0.5, 0.6) is 0 Å². The van der Waals surface area contributed by atoms with E-state index in [0.29, 0.717) is 0 Å². The molecular weight excluding hydrogens is 229 g/mol. The Morgan fingerprint density at radius 2 is 1.60 bits per heavy atom. The van der Waals surface area contributed by atoms with Crippen LogP contribution < -0.4 is 10.6 Å². The van der Waals surface area contributed by atoms with Crippen LogP contribution in [0.4, 0.5) is 13.2 Å². The molecule has 0 aromatic heterocycles. The van der Waals surface area contributed by atoms with Gasteiger partial charge in [-0.1, -0.05) is 35.9 Å². The molecule has 2 rings (SSSR count). The van der Waals surface area contributed by atoms with Gasteiger partial charge in [0.1, 0.15) is 5.16 Å². The third kappa shape index (κ3) is 1.97. The van der Waals surface area contributed by atoms with E-state index in [1.54, 1.807) is 24.3 Å². The topological polar surface area (TPSA) is 24.1 Å². The lowest BCUT2D eigenvalue weighted by Gasteiger charge is -2.34. The van der Waals surface area contributed by atoms with E-state index in [1.807, 2.05) is 0 Å². The maximum Gasteiger partial charge on any atom is 0.433 e. The molecule has 0 amide bonds. The van der Waals surface area contributed by atoms with E-state index in [1.165, 1.54) is 0 Å². The summed E-state index contributed by atoms with van der Waals surface area (Å²) in [6.07, 6.45) is 2.42. The van der Waals surface area contributed by atoms with Crippen molar-refractivity contribution in [2.24, 2.45) is 0 Å². The molecule has 0 aromatic rings. The average molecular weight is 237 g/mol. The normalized spacial score (nSPS) is 29.6. The number of rotatable bonds is 0. The number of hydrogen-bond acceptors (Lipinski definition) is 2. The maximum absolute atomic E-state index is 12.5. The Labute approximate surface area is 89.5 Å². The smallest absolute Gasteiger partial charge is 0.370 e. The summed E-state index contributed by atoms with van der Waals surface area (Å²) in [6.45, 7) is 0. The molecule has 0 spiro atoms. The van der Waals surface area contributed by atoms with Gasteiger partial charge in [-0.15, -0.1) is 0 Å². The summed E-state index contributed by atoms with van der Waals surface area (Å²) in [4.78, 5) is 0. The van der Waals surface area contributed by atoms with Gasteiger partial charge in [-0.05, 0) is 0 Å². The van der Waals surface area contributed by atoms with Gasteiger partial charge in [-0.3, -0.25) is 0 Å². The molecule has 2 atom stereocenters. The lowest BCUT2D eigenvalue weighted by atomic mass is 10.0. The van der Waals surface area contributed by atoms with Crippen molar-refractivity contribution in [1.29, 1.82) is 0 Å². The zero-order valence-corrected chi connectivity index (χ0v) is 8.23. The molecule has 0 saturated carbocycles. The fraction of sp³-hybridized carbons (Fsp3) is 0.333. The highest BCUT2D eigenvalue weighted by Gasteiger charge is 2.41. The molecule has 2 nitrogen and oxygen atoms in total. The van der Waals surface area contributed by atoms with Gasteiger partial charge in [0.05, 0.1) is 12.1 Å². The molecule has 0 radical (unpaired) electrons. The Bertz CT molecular complexity index is 357. The molecule has 2 aliphatic rings. The molecule has 82 valence electrons. The van der Waals surface area contributed by atoms with E-state index >= 15 is 0 Å². The first-order chi connectivity index (χ1) is 6.98. The Morgan fingerprint density at radius 1 is 1.07 bits per heavy atom. The van der Waals surface area contributed by atoms with Crippen LogP contribution in [0.25, 0.3) is 0 Å². The fourth-order valence-corrected chi connectivity index (χ4v) is 1.83. The standard InChI is InChI=1S/C9H8ClF3N2/c10-8-7(9(11,12)13)14-5-3-1-2-4-6(5)15-8/h1-6,14-15H. The van der Waals surface area contributed by atoms with Crippen LogP contribution in [0.1, 0.15) is 0 Å². The number of allylic oxidation sites excluding steroid dienone is 3. The summed E-state index contributed by atoms with van der Waals surface area (Å²) in [7, 11) is 0.